The fourth-order valence-electron chi connectivity index (χ4n) is 13.0. The number of hydrogen-bond donors (Lipinski definition) is 0. The molecule has 0 aromatic heterocycles. The van der Waals surface area contributed by atoms with Gasteiger partial charge in [-0.3, -0.25) is 0 Å². The van der Waals surface area contributed by atoms with Crippen LogP contribution >= 0.6 is 0 Å². The van der Waals surface area contributed by atoms with Gasteiger partial charge in [0.1, 0.15) is 0 Å². The highest BCUT2D eigenvalue weighted by Gasteiger charge is 2.41. The van der Waals surface area contributed by atoms with Crippen LogP contribution in [0.25, 0.3) is 22.3 Å². The van der Waals surface area contributed by atoms with Crippen LogP contribution in [-0.4, -0.2) is 0 Å². The van der Waals surface area contributed by atoms with Crippen LogP contribution in [0.15, 0.2) is 146 Å². The van der Waals surface area contributed by atoms with E-state index in [-0.39, 0.29) is 37.9 Å². The first-order chi connectivity index (χ1) is 34.2. The molecule has 0 saturated carbocycles. The molecular weight excluding hydrogens is 881 g/mol. The van der Waals surface area contributed by atoms with E-state index in [0.29, 0.717) is 0 Å². The van der Waals surface area contributed by atoms with Gasteiger partial charge in [-0.1, -0.05) is 183 Å². The summed E-state index contributed by atoms with van der Waals surface area (Å²) in [5.74, 6) is 0. The van der Waals surface area contributed by atoms with E-state index >= 15 is 0 Å². The number of rotatable bonds is 8. The Morgan fingerprint density at radius 1 is 0.329 bits per heavy atom. The highest BCUT2D eigenvalue weighted by atomic mass is 15.2. The fourth-order valence-corrected chi connectivity index (χ4v) is 13.0. The predicted octanol–water partition coefficient (Wildman–Crippen LogP) is 20.6. The topological polar surface area (TPSA) is 6.48 Å². The van der Waals surface area contributed by atoms with Gasteiger partial charge in [0.25, 0.3) is 0 Å². The van der Waals surface area contributed by atoms with Crippen molar-refractivity contribution in [1.82, 2.24) is 0 Å². The molecule has 7 aromatic rings. The summed E-state index contributed by atoms with van der Waals surface area (Å²) in [7, 11) is 0. The van der Waals surface area contributed by atoms with Gasteiger partial charge in [0.05, 0.1) is 5.69 Å². The van der Waals surface area contributed by atoms with E-state index in [0.717, 1.165) is 17.8 Å². The molecule has 2 heteroatoms. The van der Waals surface area contributed by atoms with Crippen molar-refractivity contribution in [2.45, 2.75) is 187 Å². The predicted molar refractivity (Wildman–Crippen MR) is 316 cm³/mol. The highest BCUT2D eigenvalue weighted by molar-refractivity contribution is 5.99. The summed E-state index contributed by atoms with van der Waals surface area (Å²) in [4.78, 5) is 5.24. The van der Waals surface area contributed by atoms with Crippen molar-refractivity contribution in [2.75, 3.05) is 9.80 Å². The van der Waals surface area contributed by atoms with Crippen LogP contribution in [0, 0.1) is 6.92 Å². The third kappa shape index (κ3) is 9.18. The van der Waals surface area contributed by atoms with E-state index in [2.05, 4.69) is 266 Å². The first-order valence-corrected chi connectivity index (χ1v) is 27.6. The van der Waals surface area contributed by atoms with Gasteiger partial charge in [0.2, 0.25) is 0 Å². The Kier molecular flexibility index (Phi) is 12.2. The Morgan fingerprint density at radius 2 is 0.644 bits per heavy atom. The largest absolute Gasteiger partial charge is 0.310 e. The van der Waals surface area contributed by atoms with Gasteiger partial charge in [0.15, 0.2) is 0 Å². The van der Waals surface area contributed by atoms with Crippen LogP contribution in [-0.2, 0) is 37.9 Å². The summed E-state index contributed by atoms with van der Waals surface area (Å²) in [5.41, 5.74) is 23.7. The van der Waals surface area contributed by atoms with E-state index in [1.54, 1.807) is 0 Å². The Labute approximate surface area is 441 Å². The van der Waals surface area contributed by atoms with Crippen molar-refractivity contribution in [3.8, 4) is 22.3 Å². The first kappa shape index (κ1) is 50.7. The van der Waals surface area contributed by atoms with E-state index < -0.39 is 0 Å². The Balaban J connectivity index is 1.31. The molecule has 0 N–H and O–H groups in total. The monoisotopic (exact) mass is 965 g/mol. The Bertz CT molecular complexity index is 3080. The fraction of sp³-hybridized carbons (Fsp3) is 0.408. The molecule has 3 aliphatic rings. The number of aryl methyl sites for hydroxylation is 1. The van der Waals surface area contributed by atoms with E-state index in [1.165, 1.54) is 122 Å². The molecule has 0 amide bonds. The maximum Gasteiger partial charge on any atom is 0.0618 e. The molecule has 2 nitrogen and oxygen atoms in total. The maximum atomic E-state index is 2.64. The number of anilines is 6. The molecule has 0 saturated heterocycles. The first-order valence-electron chi connectivity index (χ1n) is 27.6. The molecule has 0 unspecified atom stereocenters. The third-order valence-corrected chi connectivity index (χ3v) is 18.2. The smallest absolute Gasteiger partial charge is 0.0618 e. The number of hydrogen-bond acceptors (Lipinski definition) is 2. The molecule has 0 bridgehead atoms. The van der Waals surface area contributed by atoms with E-state index in [1.807, 2.05) is 0 Å². The minimum atomic E-state index is -0.0911. The molecule has 3 aliphatic carbocycles. The molecule has 0 radical (unpaired) electrons. The van der Waals surface area contributed by atoms with E-state index in [9.17, 15) is 0 Å². The lowest BCUT2D eigenvalue weighted by Gasteiger charge is -2.43. The van der Waals surface area contributed by atoms with Crippen LogP contribution < -0.4 is 9.80 Å². The van der Waals surface area contributed by atoms with Crippen molar-refractivity contribution in [1.29, 1.82) is 0 Å². The lowest BCUT2D eigenvalue weighted by Crippen LogP contribution is -2.34. The van der Waals surface area contributed by atoms with Gasteiger partial charge in [-0.05, 0) is 206 Å². The second kappa shape index (κ2) is 17.6. The zero-order valence-electron chi connectivity index (χ0n) is 47.5. The number of fused-ring (bicyclic) bond motifs is 3. The molecular formula is C71H84N2. The van der Waals surface area contributed by atoms with Crippen LogP contribution in [0.5, 0.6) is 0 Å². The summed E-state index contributed by atoms with van der Waals surface area (Å²) >= 11 is 0. The number of nitrogens with zero attached hydrogens (tertiary/aromatic N) is 2. The Hall–Kier alpha value is -5.86. The van der Waals surface area contributed by atoms with Crippen molar-refractivity contribution in [3.63, 3.8) is 0 Å². The minimum Gasteiger partial charge on any atom is -0.310 e. The summed E-state index contributed by atoms with van der Waals surface area (Å²) < 4.78 is 0. The highest BCUT2D eigenvalue weighted by Crippen LogP contribution is 2.55. The molecule has 73 heavy (non-hydrogen) atoms. The lowest BCUT2D eigenvalue weighted by molar-refractivity contribution is 0.332. The van der Waals surface area contributed by atoms with Gasteiger partial charge < -0.3 is 9.80 Å². The summed E-state index contributed by atoms with van der Waals surface area (Å²) in [6.07, 6.45) is 7.03. The number of benzene rings is 7. The quantitative estimate of drug-likeness (QED) is 0.150. The van der Waals surface area contributed by atoms with Crippen molar-refractivity contribution >= 4 is 34.1 Å². The molecule has 10 rings (SSSR count). The van der Waals surface area contributed by atoms with Gasteiger partial charge in [0, 0.05) is 39.6 Å². The molecule has 0 atom stereocenters. The average Bonchev–Trinajstić information content (AvgIpc) is 3.34. The molecule has 0 spiro atoms. The van der Waals surface area contributed by atoms with Crippen molar-refractivity contribution < 1.29 is 0 Å². The van der Waals surface area contributed by atoms with E-state index in [4.69, 9.17) is 0 Å². The standard InChI is InChI=1S/C71H84N2/c1-47-39-54(72(51-27-30-58-61(44-51)69(11,12)36-33-66(58,5)6)52-28-31-59-62(45-52)70(13,14)37-34-67(59,7)8)43-55(40-47)73(53-29-32-60-63(46-53)71(15,16)38-35-68(60,9)10)64-56(48-23-19-17-20-24-48)41-50(65(2,3)4)42-57(64)49-25-21-18-22-26-49/h17-32,39-46H,33-38H2,1-16H3. The zero-order valence-corrected chi connectivity index (χ0v) is 47.5. The van der Waals surface area contributed by atoms with Gasteiger partial charge in [-0.2, -0.15) is 0 Å². The molecule has 7 aromatic carbocycles. The third-order valence-electron chi connectivity index (χ3n) is 18.2. The van der Waals surface area contributed by atoms with Crippen LogP contribution in [0.2, 0.25) is 0 Å². The second-order valence-electron chi connectivity index (χ2n) is 27.6. The van der Waals surface area contributed by atoms with Gasteiger partial charge in [-0.15, -0.1) is 0 Å². The van der Waals surface area contributed by atoms with Crippen molar-refractivity contribution in [2.24, 2.45) is 0 Å². The van der Waals surface area contributed by atoms with Crippen LogP contribution in [0.1, 0.15) is 187 Å². The summed E-state index contributed by atoms with van der Waals surface area (Å²) in [6.45, 7) is 38.8. The van der Waals surface area contributed by atoms with Gasteiger partial charge in [-0.25, -0.2) is 0 Å². The molecule has 0 fully saturated rings. The molecule has 378 valence electrons. The van der Waals surface area contributed by atoms with Crippen LogP contribution in [0.4, 0.5) is 34.1 Å². The Morgan fingerprint density at radius 3 is 0.986 bits per heavy atom. The molecule has 0 heterocycles. The molecule has 0 aliphatic heterocycles. The minimum absolute atomic E-state index is 0.0191. The SMILES string of the molecule is Cc1cc(N(c2ccc3c(c2)C(C)(C)CCC3(C)C)c2ccc3c(c2)C(C)(C)CCC3(C)C)cc(N(c2ccc3c(c2)C(C)(C)CCC3(C)C)c2c(-c3ccccc3)cc(C(C)(C)C)cc2-c2ccccc2)c1. The maximum absolute atomic E-state index is 2.64. The zero-order chi connectivity index (χ0) is 52.3. The summed E-state index contributed by atoms with van der Waals surface area (Å²) in [6, 6.07) is 57.0. The normalized spacial score (nSPS) is 18.7. The second-order valence-corrected chi connectivity index (χ2v) is 27.6. The average molecular weight is 965 g/mol. The van der Waals surface area contributed by atoms with Crippen molar-refractivity contribution in [3.05, 3.63) is 190 Å². The van der Waals surface area contributed by atoms with Crippen LogP contribution in [0.3, 0.4) is 0 Å². The van der Waals surface area contributed by atoms with Gasteiger partial charge >= 0.3 is 0 Å². The lowest BCUT2D eigenvalue weighted by atomic mass is 9.63. The summed E-state index contributed by atoms with van der Waals surface area (Å²) in [5, 5.41) is 0.